The van der Waals surface area contributed by atoms with Crippen molar-refractivity contribution in [3.63, 3.8) is 0 Å². The lowest BCUT2D eigenvalue weighted by Crippen LogP contribution is -2.17. The number of halogens is 3. The van der Waals surface area contributed by atoms with Gasteiger partial charge >= 0.3 is 6.36 Å². The first-order valence-corrected chi connectivity index (χ1v) is 9.25. The van der Waals surface area contributed by atoms with Gasteiger partial charge in [0.15, 0.2) is 11.5 Å². The Hall–Kier alpha value is -2.88. The Labute approximate surface area is 169 Å². The molecule has 0 fully saturated rings. The third kappa shape index (κ3) is 5.35. The molecule has 154 valence electrons. The molecular weight excluding hydrogens is 409 g/mol. The highest BCUT2D eigenvalue weighted by molar-refractivity contribution is 7.99. The lowest BCUT2D eigenvalue weighted by atomic mass is 10.2. The average Bonchev–Trinajstić information content (AvgIpc) is 3.15. The molecule has 1 aromatic heterocycles. The first-order chi connectivity index (χ1) is 13.8. The Morgan fingerprint density at radius 3 is 2.28 bits per heavy atom. The van der Waals surface area contributed by atoms with Gasteiger partial charge in [-0.3, -0.25) is 0 Å². The van der Waals surface area contributed by atoms with Crippen molar-refractivity contribution in [1.82, 2.24) is 10.2 Å². The topological polar surface area (TPSA) is 66.6 Å². The third-order valence-corrected chi connectivity index (χ3v) is 4.89. The molecule has 0 aliphatic carbocycles. The van der Waals surface area contributed by atoms with Crippen molar-refractivity contribution < 1.29 is 31.8 Å². The number of thioether (sulfide) groups is 1. The molecule has 2 aromatic carbocycles. The summed E-state index contributed by atoms with van der Waals surface area (Å²) in [6.45, 7) is 1.88. The number of hydrogen-bond acceptors (Lipinski definition) is 7. The normalized spacial score (nSPS) is 12.5. The van der Waals surface area contributed by atoms with Crippen LogP contribution < -0.4 is 14.2 Å². The van der Waals surface area contributed by atoms with E-state index in [-0.39, 0.29) is 11.0 Å². The summed E-state index contributed by atoms with van der Waals surface area (Å²) in [5.41, 5.74) is 1.46. The molecule has 0 saturated heterocycles. The minimum atomic E-state index is -4.72. The maximum absolute atomic E-state index is 12.3. The smallest absolute Gasteiger partial charge is 0.493 e. The minimum absolute atomic E-state index is 0.131. The Morgan fingerprint density at radius 2 is 1.66 bits per heavy atom. The minimum Gasteiger partial charge on any atom is -0.493 e. The van der Waals surface area contributed by atoms with Crippen LogP contribution >= 0.6 is 11.8 Å². The summed E-state index contributed by atoms with van der Waals surface area (Å²) in [6, 6.07) is 10.9. The molecule has 0 N–H and O–H groups in total. The highest BCUT2D eigenvalue weighted by Gasteiger charge is 2.31. The molecule has 6 nitrogen and oxygen atoms in total. The van der Waals surface area contributed by atoms with Crippen LogP contribution in [0, 0.1) is 0 Å². The van der Waals surface area contributed by atoms with Crippen LogP contribution in [0.2, 0.25) is 0 Å². The fourth-order valence-electron chi connectivity index (χ4n) is 2.50. The van der Waals surface area contributed by atoms with E-state index in [0.29, 0.717) is 28.2 Å². The summed E-state index contributed by atoms with van der Waals surface area (Å²) >= 11 is 1.29. The highest BCUT2D eigenvalue weighted by atomic mass is 32.2. The van der Waals surface area contributed by atoms with Gasteiger partial charge < -0.3 is 18.6 Å². The Kier molecular flexibility index (Phi) is 6.21. The van der Waals surface area contributed by atoms with Crippen molar-refractivity contribution in [1.29, 1.82) is 0 Å². The van der Waals surface area contributed by atoms with Gasteiger partial charge in [0.25, 0.3) is 5.22 Å². The van der Waals surface area contributed by atoms with E-state index in [9.17, 15) is 13.2 Å². The van der Waals surface area contributed by atoms with Crippen LogP contribution in [0.25, 0.3) is 11.5 Å². The van der Waals surface area contributed by atoms with Crippen molar-refractivity contribution in [2.75, 3.05) is 14.2 Å². The molecule has 3 aromatic rings. The van der Waals surface area contributed by atoms with Crippen LogP contribution in [0.5, 0.6) is 17.2 Å². The van der Waals surface area contributed by atoms with Crippen LogP contribution in [0.4, 0.5) is 13.2 Å². The molecule has 1 heterocycles. The molecule has 0 spiro atoms. The summed E-state index contributed by atoms with van der Waals surface area (Å²) in [5, 5.41) is 8.26. The number of aromatic nitrogens is 2. The second-order valence-corrected chi connectivity index (χ2v) is 7.11. The molecule has 0 radical (unpaired) electrons. The fourth-order valence-corrected chi connectivity index (χ4v) is 3.31. The Bertz CT molecular complexity index is 961. The van der Waals surface area contributed by atoms with Gasteiger partial charge in [-0.2, -0.15) is 0 Å². The number of rotatable bonds is 7. The molecule has 0 aliphatic rings. The first-order valence-electron chi connectivity index (χ1n) is 8.37. The molecule has 3 rings (SSSR count). The van der Waals surface area contributed by atoms with Gasteiger partial charge in [-0.1, -0.05) is 23.9 Å². The van der Waals surface area contributed by atoms with Crippen LogP contribution in [0.1, 0.15) is 17.7 Å². The van der Waals surface area contributed by atoms with Gasteiger partial charge in [-0.25, -0.2) is 0 Å². The number of hydrogen-bond donors (Lipinski definition) is 0. The number of methoxy groups -OCH3 is 2. The van der Waals surface area contributed by atoms with E-state index in [0.717, 1.165) is 5.56 Å². The van der Waals surface area contributed by atoms with Crippen molar-refractivity contribution in [2.24, 2.45) is 0 Å². The van der Waals surface area contributed by atoms with E-state index in [2.05, 4.69) is 14.9 Å². The van der Waals surface area contributed by atoms with Crippen molar-refractivity contribution in [2.45, 2.75) is 23.8 Å². The summed E-state index contributed by atoms with van der Waals surface area (Å²) < 4.78 is 56.8. The zero-order valence-corrected chi connectivity index (χ0v) is 16.5. The summed E-state index contributed by atoms with van der Waals surface area (Å²) in [7, 11) is 3.07. The van der Waals surface area contributed by atoms with Crippen LogP contribution in [0.3, 0.4) is 0 Å². The van der Waals surface area contributed by atoms with E-state index in [1.54, 1.807) is 37.4 Å². The summed E-state index contributed by atoms with van der Waals surface area (Å²) in [5.74, 6) is 1.16. The summed E-state index contributed by atoms with van der Waals surface area (Å²) in [4.78, 5) is 0. The largest absolute Gasteiger partial charge is 0.573 e. The van der Waals surface area contributed by atoms with Gasteiger partial charge in [-0.05, 0) is 42.8 Å². The van der Waals surface area contributed by atoms with Gasteiger partial charge in [0.2, 0.25) is 5.89 Å². The van der Waals surface area contributed by atoms with Crippen LogP contribution in [-0.2, 0) is 0 Å². The molecule has 0 amide bonds. The van der Waals surface area contributed by atoms with Gasteiger partial charge in [0, 0.05) is 10.8 Å². The SMILES string of the molecule is COc1ccc(-c2nnc(S[C@H](C)c3ccc(OC(F)(F)F)cc3)o2)cc1OC. The van der Waals surface area contributed by atoms with Crippen molar-refractivity contribution in [3.05, 3.63) is 48.0 Å². The second-order valence-electron chi connectivity index (χ2n) is 5.82. The molecular formula is C19H17F3N2O4S. The molecule has 1 atom stereocenters. The molecule has 0 saturated carbocycles. The highest BCUT2D eigenvalue weighted by Crippen LogP contribution is 2.37. The maximum Gasteiger partial charge on any atom is 0.573 e. The fraction of sp³-hybridized carbons (Fsp3) is 0.263. The zero-order chi connectivity index (χ0) is 21.0. The number of ether oxygens (including phenoxy) is 3. The van der Waals surface area contributed by atoms with Crippen LogP contribution in [0.15, 0.2) is 52.1 Å². The van der Waals surface area contributed by atoms with Crippen molar-refractivity contribution >= 4 is 11.8 Å². The monoisotopic (exact) mass is 426 g/mol. The number of alkyl halides is 3. The first kappa shape index (κ1) is 20.8. The van der Waals surface area contributed by atoms with E-state index in [1.165, 1.54) is 31.0 Å². The standard InChI is InChI=1S/C19H17F3N2O4S/c1-11(12-4-7-14(8-5-12)28-19(20,21)22)29-18-24-23-17(27-18)13-6-9-15(25-2)16(10-13)26-3/h4-11H,1-3H3/t11-/m1/s1. The van der Waals surface area contributed by atoms with E-state index < -0.39 is 6.36 Å². The molecule has 0 unspecified atom stereocenters. The maximum atomic E-state index is 12.3. The predicted molar refractivity (Wildman–Crippen MR) is 100 cm³/mol. The van der Waals surface area contributed by atoms with E-state index in [4.69, 9.17) is 13.9 Å². The second kappa shape index (κ2) is 8.64. The number of benzene rings is 2. The zero-order valence-electron chi connectivity index (χ0n) is 15.7. The van der Waals surface area contributed by atoms with Gasteiger partial charge in [0.1, 0.15) is 5.75 Å². The van der Waals surface area contributed by atoms with Gasteiger partial charge in [-0.15, -0.1) is 23.4 Å². The van der Waals surface area contributed by atoms with Gasteiger partial charge in [0.05, 0.1) is 14.2 Å². The Morgan fingerprint density at radius 1 is 0.966 bits per heavy atom. The average molecular weight is 426 g/mol. The Balaban J connectivity index is 1.70. The number of nitrogens with zero attached hydrogens (tertiary/aromatic N) is 2. The van der Waals surface area contributed by atoms with Crippen molar-refractivity contribution in [3.8, 4) is 28.7 Å². The predicted octanol–water partition coefficient (Wildman–Crippen LogP) is 5.51. The van der Waals surface area contributed by atoms with E-state index in [1.807, 2.05) is 6.92 Å². The molecule has 0 aliphatic heterocycles. The quantitative estimate of drug-likeness (QED) is 0.462. The molecule has 10 heteroatoms. The lowest BCUT2D eigenvalue weighted by Gasteiger charge is -2.11. The lowest BCUT2D eigenvalue weighted by molar-refractivity contribution is -0.274. The van der Waals surface area contributed by atoms with Crippen LogP contribution in [-0.4, -0.2) is 30.8 Å². The molecule has 29 heavy (non-hydrogen) atoms. The molecule has 0 bridgehead atoms. The third-order valence-electron chi connectivity index (χ3n) is 3.90. The summed E-state index contributed by atoms with van der Waals surface area (Å²) in [6.07, 6.45) is -4.72. The van der Waals surface area contributed by atoms with E-state index >= 15 is 0 Å².